The lowest BCUT2D eigenvalue weighted by Gasteiger charge is -2.16. The molecule has 0 spiro atoms. The Morgan fingerprint density at radius 1 is 1.04 bits per heavy atom. The zero-order chi connectivity index (χ0) is 19.3. The molecule has 2 heterocycles. The second-order valence-corrected chi connectivity index (χ2v) is 6.79. The topological polar surface area (TPSA) is 80.1 Å². The van der Waals surface area contributed by atoms with Crippen molar-refractivity contribution < 1.29 is 9.59 Å². The van der Waals surface area contributed by atoms with Gasteiger partial charge in [-0.25, -0.2) is 4.68 Å². The van der Waals surface area contributed by atoms with E-state index < -0.39 is 0 Å². The molecule has 2 aromatic carbocycles. The number of nitrogens with zero attached hydrogens (tertiary/aromatic N) is 4. The molecule has 0 atom stereocenters. The van der Waals surface area contributed by atoms with E-state index in [0.717, 1.165) is 29.8 Å². The average molecular weight is 375 g/mol. The van der Waals surface area contributed by atoms with Crippen molar-refractivity contribution >= 4 is 17.5 Å². The first kappa shape index (κ1) is 17.9. The normalized spacial score (nSPS) is 13.7. The lowest BCUT2D eigenvalue weighted by Crippen LogP contribution is -2.24. The van der Waals surface area contributed by atoms with E-state index in [1.54, 1.807) is 15.8 Å². The third-order valence-corrected chi connectivity index (χ3v) is 4.73. The Balaban J connectivity index is 1.32. The molecule has 1 aliphatic heterocycles. The summed E-state index contributed by atoms with van der Waals surface area (Å²) in [7, 11) is 0. The van der Waals surface area contributed by atoms with Gasteiger partial charge in [-0.15, -0.1) is 5.10 Å². The fraction of sp³-hybridized carbons (Fsp3) is 0.238. The van der Waals surface area contributed by atoms with Gasteiger partial charge in [0.1, 0.15) is 0 Å². The van der Waals surface area contributed by atoms with Crippen LogP contribution in [0.2, 0.25) is 0 Å². The molecule has 142 valence electrons. The Morgan fingerprint density at radius 3 is 2.54 bits per heavy atom. The van der Waals surface area contributed by atoms with E-state index in [0.29, 0.717) is 19.5 Å². The maximum absolute atomic E-state index is 12.3. The molecule has 0 saturated carbocycles. The first-order chi connectivity index (χ1) is 13.7. The Bertz CT molecular complexity index is 966. The van der Waals surface area contributed by atoms with Crippen molar-refractivity contribution in [3.63, 3.8) is 0 Å². The molecule has 1 aliphatic rings. The molecule has 0 radical (unpaired) electrons. The summed E-state index contributed by atoms with van der Waals surface area (Å²) in [6.07, 6.45) is 3.16. The van der Waals surface area contributed by atoms with Crippen LogP contribution in [0.5, 0.6) is 0 Å². The van der Waals surface area contributed by atoms with Crippen LogP contribution in [-0.2, 0) is 17.9 Å². The van der Waals surface area contributed by atoms with E-state index in [9.17, 15) is 9.59 Å². The molecule has 7 heteroatoms. The number of carbonyl (C=O) groups excluding carboxylic acids is 2. The first-order valence-corrected chi connectivity index (χ1v) is 9.30. The minimum absolute atomic E-state index is 0.166. The molecule has 1 aromatic heterocycles. The molecule has 28 heavy (non-hydrogen) atoms. The number of rotatable bonds is 6. The largest absolute Gasteiger partial charge is 0.347 e. The molecule has 0 unspecified atom stereocenters. The highest BCUT2D eigenvalue weighted by Crippen LogP contribution is 2.21. The van der Waals surface area contributed by atoms with Crippen LogP contribution in [0.1, 0.15) is 34.5 Å². The van der Waals surface area contributed by atoms with Crippen molar-refractivity contribution in [1.82, 2.24) is 20.3 Å². The average Bonchev–Trinajstić information content (AvgIpc) is 3.36. The van der Waals surface area contributed by atoms with Gasteiger partial charge in [-0.2, -0.15) is 0 Å². The van der Waals surface area contributed by atoms with Crippen LogP contribution in [0.4, 0.5) is 5.69 Å². The molecular formula is C21H21N5O2. The van der Waals surface area contributed by atoms with E-state index in [1.807, 2.05) is 54.6 Å². The summed E-state index contributed by atoms with van der Waals surface area (Å²) < 4.78 is 1.64. The predicted molar refractivity (Wildman–Crippen MR) is 105 cm³/mol. The number of aromatic nitrogens is 3. The summed E-state index contributed by atoms with van der Waals surface area (Å²) in [5.74, 6) is -0.0993. The van der Waals surface area contributed by atoms with Crippen molar-refractivity contribution in [3.05, 3.63) is 77.6 Å². The second-order valence-electron chi connectivity index (χ2n) is 6.79. The molecule has 1 N–H and O–H groups in total. The fourth-order valence-corrected chi connectivity index (χ4v) is 3.24. The molecule has 1 fully saturated rings. The molecule has 1 saturated heterocycles. The first-order valence-electron chi connectivity index (χ1n) is 9.30. The minimum Gasteiger partial charge on any atom is -0.347 e. The Morgan fingerprint density at radius 2 is 1.82 bits per heavy atom. The number of hydrogen-bond donors (Lipinski definition) is 1. The third kappa shape index (κ3) is 4.09. The zero-order valence-electron chi connectivity index (χ0n) is 15.4. The van der Waals surface area contributed by atoms with Crippen LogP contribution < -0.4 is 10.2 Å². The number of hydrogen-bond acceptors (Lipinski definition) is 4. The summed E-state index contributed by atoms with van der Waals surface area (Å²) in [5.41, 5.74) is 3.24. The maximum Gasteiger partial charge on any atom is 0.273 e. The Hall–Kier alpha value is -3.48. The van der Waals surface area contributed by atoms with Gasteiger partial charge >= 0.3 is 0 Å². The van der Waals surface area contributed by atoms with Crippen molar-refractivity contribution in [1.29, 1.82) is 0 Å². The van der Waals surface area contributed by atoms with Gasteiger partial charge < -0.3 is 10.2 Å². The molecule has 0 bridgehead atoms. The van der Waals surface area contributed by atoms with Gasteiger partial charge in [0, 0.05) is 25.2 Å². The minimum atomic E-state index is -0.266. The van der Waals surface area contributed by atoms with Crippen molar-refractivity contribution in [3.8, 4) is 0 Å². The van der Waals surface area contributed by atoms with Gasteiger partial charge in [0.25, 0.3) is 5.91 Å². The molecule has 4 rings (SSSR count). The zero-order valence-corrected chi connectivity index (χ0v) is 15.4. The van der Waals surface area contributed by atoms with E-state index in [4.69, 9.17) is 0 Å². The van der Waals surface area contributed by atoms with Gasteiger partial charge in [-0.3, -0.25) is 9.59 Å². The maximum atomic E-state index is 12.3. The number of amides is 2. The summed E-state index contributed by atoms with van der Waals surface area (Å²) in [6, 6.07) is 17.6. The second kappa shape index (κ2) is 8.04. The highest BCUT2D eigenvalue weighted by Gasteiger charge is 2.21. The highest BCUT2D eigenvalue weighted by atomic mass is 16.2. The quantitative estimate of drug-likeness (QED) is 0.717. The fourth-order valence-electron chi connectivity index (χ4n) is 3.24. The third-order valence-electron chi connectivity index (χ3n) is 4.73. The lowest BCUT2D eigenvalue weighted by molar-refractivity contribution is -0.117. The number of carbonyl (C=O) groups is 2. The Kier molecular flexibility index (Phi) is 5.14. The summed E-state index contributed by atoms with van der Waals surface area (Å²) in [6.45, 7) is 1.73. The van der Waals surface area contributed by atoms with E-state index in [-0.39, 0.29) is 17.5 Å². The van der Waals surface area contributed by atoms with Crippen molar-refractivity contribution in [2.75, 3.05) is 11.4 Å². The smallest absolute Gasteiger partial charge is 0.273 e. The highest BCUT2D eigenvalue weighted by molar-refractivity contribution is 5.95. The molecule has 7 nitrogen and oxygen atoms in total. The van der Waals surface area contributed by atoms with Crippen LogP contribution in [0.15, 0.2) is 60.8 Å². The van der Waals surface area contributed by atoms with E-state index in [1.165, 1.54) is 0 Å². The summed E-state index contributed by atoms with van der Waals surface area (Å²) in [4.78, 5) is 25.9. The van der Waals surface area contributed by atoms with Gasteiger partial charge in [0.2, 0.25) is 5.91 Å². The standard InChI is InChI=1S/C21H21N5O2/c27-20-7-4-12-26(20)18-10-8-16(9-11-18)13-22-21(28)19-15-25(24-23-19)14-17-5-2-1-3-6-17/h1-3,5-6,8-11,15H,4,7,12-14H2,(H,22,28). The number of nitrogens with one attached hydrogen (secondary N) is 1. The van der Waals surface area contributed by atoms with Gasteiger partial charge in [0.15, 0.2) is 5.69 Å². The molecule has 2 amide bonds. The molecule has 3 aromatic rings. The van der Waals surface area contributed by atoms with Crippen LogP contribution in [0.3, 0.4) is 0 Å². The number of anilines is 1. The SMILES string of the molecule is O=C(NCc1ccc(N2CCCC2=O)cc1)c1cn(Cc2ccccc2)nn1. The van der Waals surface area contributed by atoms with E-state index in [2.05, 4.69) is 15.6 Å². The van der Waals surface area contributed by atoms with Crippen LogP contribution in [0.25, 0.3) is 0 Å². The van der Waals surface area contributed by atoms with Crippen LogP contribution in [-0.4, -0.2) is 33.4 Å². The summed E-state index contributed by atoms with van der Waals surface area (Å²) >= 11 is 0. The van der Waals surface area contributed by atoms with Crippen molar-refractivity contribution in [2.24, 2.45) is 0 Å². The van der Waals surface area contributed by atoms with Gasteiger partial charge in [0.05, 0.1) is 12.7 Å². The molecular weight excluding hydrogens is 354 g/mol. The van der Waals surface area contributed by atoms with Gasteiger partial charge in [-0.05, 0) is 29.7 Å². The van der Waals surface area contributed by atoms with Gasteiger partial charge in [-0.1, -0.05) is 47.7 Å². The van der Waals surface area contributed by atoms with Crippen molar-refractivity contribution in [2.45, 2.75) is 25.9 Å². The number of benzene rings is 2. The monoisotopic (exact) mass is 375 g/mol. The predicted octanol–water partition coefficient (Wildman–Crippen LogP) is 2.38. The molecule has 0 aliphatic carbocycles. The Labute approximate surface area is 163 Å². The van der Waals surface area contributed by atoms with Crippen LogP contribution in [0, 0.1) is 0 Å². The summed E-state index contributed by atoms with van der Waals surface area (Å²) in [5, 5.41) is 10.8. The van der Waals surface area contributed by atoms with Crippen LogP contribution >= 0.6 is 0 Å². The lowest BCUT2D eigenvalue weighted by atomic mass is 10.2. The van der Waals surface area contributed by atoms with E-state index >= 15 is 0 Å².